The first-order valence-electron chi connectivity index (χ1n) is 9.44. The number of hydrogen-bond acceptors (Lipinski definition) is 4. The van der Waals surface area contributed by atoms with Crippen molar-refractivity contribution >= 4 is 23.3 Å². The number of esters is 1. The van der Waals surface area contributed by atoms with Crippen LogP contribution < -0.4 is 5.32 Å². The van der Waals surface area contributed by atoms with Crippen LogP contribution in [-0.2, 0) is 27.2 Å². The summed E-state index contributed by atoms with van der Waals surface area (Å²) < 4.78 is 31.7. The van der Waals surface area contributed by atoms with Crippen molar-refractivity contribution in [2.24, 2.45) is 0 Å². The minimum atomic E-state index is -1.22. The lowest BCUT2D eigenvalue weighted by molar-refractivity contribution is -0.153. The van der Waals surface area contributed by atoms with Gasteiger partial charge in [0.1, 0.15) is 11.6 Å². The highest BCUT2D eigenvalue weighted by Gasteiger charge is 2.21. The zero-order valence-electron chi connectivity index (χ0n) is 16.0. The minimum absolute atomic E-state index is 0.0372. The Bertz CT molecular complexity index is 958. The van der Waals surface area contributed by atoms with Crippen LogP contribution in [0.5, 0.6) is 0 Å². The molecule has 1 N–H and O–H groups in total. The van der Waals surface area contributed by atoms with E-state index in [4.69, 9.17) is 4.74 Å². The minimum Gasteiger partial charge on any atom is -0.453 e. The Morgan fingerprint density at radius 2 is 1.79 bits per heavy atom. The van der Waals surface area contributed by atoms with E-state index in [1.165, 1.54) is 18.1 Å². The summed E-state index contributed by atoms with van der Waals surface area (Å²) >= 11 is 0. The van der Waals surface area contributed by atoms with Gasteiger partial charge in [-0.15, -0.1) is 0 Å². The van der Waals surface area contributed by atoms with Crippen LogP contribution >= 0.6 is 0 Å². The summed E-state index contributed by atoms with van der Waals surface area (Å²) in [4.78, 5) is 36.3. The van der Waals surface area contributed by atoms with Gasteiger partial charge in [0.15, 0.2) is 11.9 Å². The average Bonchev–Trinajstić information content (AvgIpc) is 3.16. The van der Waals surface area contributed by atoms with Gasteiger partial charge < -0.3 is 10.1 Å². The quantitative estimate of drug-likeness (QED) is 0.563. The Hall–Kier alpha value is -3.09. The number of nitrogens with one attached hydrogen (secondary N) is 1. The van der Waals surface area contributed by atoms with Gasteiger partial charge >= 0.3 is 5.97 Å². The molecular weight excluding hydrogens is 380 g/mol. The summed E-state index contributed by atoms with van der Waals surface area (Å²) in [7, 11) is 0. The number of amides is 1. The predicted molar refractivity (Wildman–Crippen MR) is 103 cm³/mol. The van der Waals surface area contributed by atoms with Crippen molar-refractivity contribution < 1.29 is 27.9 Å². The molecular formula is C22H21F2NO4. The molecule has 0 unspecified atom stereocenters. The van der Waals surface area contributed by atoms with Gasteiger partial charge in [-0.3, -0.25) is 14.4 Å². The Balaban J connectivity index is 1.49. The third-order valence-corrected chi connectivity index (χ3v) is 4.84. The molecule has 3 rings (SSSR count). The van der Waals surface area contributed by atoms with Gasteiger partial charge in [0.2, 0.25) is 0 Å². The van der Waals surface area contributed by atoms with Crippen molar-refractivity contribution in [1.29, 1.82) is 0 Å². The van der Waals surface area contributed by atoms with Gasteiger partial charge in [0.05, 0.1) is 12.1 Å². The first kappa shape index (κ1) is 20.6. The number of carbonyl (C=O) groups excluding carboxylic acids is 3. The first-order valence-corrected chi connectivity index (χ1v) is 9.44. The van der Waals surface area contributed by atoms with Crippen LogP contribution in [0.2, 0.25) is 0 Å². The van der Waals surface area contributed by atoms with Crippen LogP contribution in [0.1, 0.15) is 47.7 Å². The van der Waals surface area contributed by atoms with E-state index in [9.17, 15) is 23.2 Å². The lowest BCUT2D eigenvalue weighted by Gasteiger charge is -2.14. The number of anilines is 1. The molecule has 0 bridgehead atoms. The van der Waals surface area contributed by atoms with Crippen LogP contribution in [0.25, 0.3) is 0 Å². The van der Waals surface area contributed by atoms with Crippen LogP contribution in [0.4, 0.5) is 14.5 Å². The fraction of sp³-hybridized carbons (Fsp3) is 0.318. The van der Waals surface area contributed by atoms with Crippen LogP contribution in [0.3, 0.4) is 0 Å². The van der Waals surface area contributed by atoms with Crippen LogP contribution in [-0.4, -0.2) is 23.8 Å². The molecule has 0 spiro atoms. The second-order valence-corrected chi connectivity index (χ2v) is 7.01. The Morgan fingerprint density at radius 3 is 2.59 bits per heavy atom. The zero-order valence-corrected chi connectivity index (χ0v) is 16.0. The maximum atomic E-state index is 13.6. The van der Waals surface area contributed by atoms with Crippen LogP contribution in [0, 0.1) is 11.6 Å². The van der Waals surface area contributed by atoms with Crippen molar-refractivity contribution in [3.63, 3.8) is 0 Å². The van der Waals surface area contributed by atoms with E-state index in [2.05, 4.69) is 5.32 Å². The zero-order chi connectivity index (χ0) is 21.0. The number of ether oxygens (including phenoxy) is 1. The SMILES string of the molecule is C[C@H](OC(=O)CCC(=O)c1ccc2c(c1)CCC2)C(=O)Nc1cc(F)ccc1F. The third-order valence-electron chi connectivity index (χ3n) is 4.84. The Kier molecular flexibility index (Phi) is 6.36. The maximum Gasteiger partial charge on any atom is 0.307 e. The van der Waals surface area contributed by atoms with E-state index >= 15 is 0 Å². The standard InChI is InChI=1S/C22H21F2NO4/c1-13(22(28)25-19-12-17(23)7-8-18(19)24)29-21(27)10-9-20(26)16-6-5-14-3-2-4-15(14)11-16/h5-8,11-13H,2-4,9-10H2,1H3,(H,25,28)/t13-/m0/s1. The molecule has 0 aromatic heterocycles. The molecule has 1 amide bonds. The fourth-order valence-electron chi connectivity index (χ4n) is 3.24. The molecule has 29 heavy (non-hydrogen) atoms. The molecule has 0 heterocycles. The summed E-state index contributed by atoms with van der Waals surface area (Å²) in [6, 6.07) is 8.22. The first-order chi connectivity index (χ1) is 13.8. The molecule has 2 aromatic rings. The number of carbonyl (C=O) groups is 3. The van der Waals surface area contributed by atoms with E-state index in [-0.39, 0.29) is 24.3 Å². The van der Waals surface area contributed by atoms with Gasteiger partial charge in [0.25, 0.3) is 5.91 Å². The molecule has 2 aromatic carbocycles. The Morgan fingerprint density at radius 1 is 1.03 bits per heavy atom. The molecule has 0 aliphatic heterocycles. The van der Waals surface area contributed by atoms with Gasteiger partial charge in [-0.2, -0.15) is 0 Å². The van der Waals surface area contributed by atoms with Crippen molar-refractivity contribution in [1.82, 2.24) is 0 Å². The summed E-state index contributed by atoms with van der Waals surface area (Å²) in [5.74, 6) is -3.21. The highest BCUT2D eigenvalue weighted by molar-refractivity contribution is 5.98. The number of benzene rings is 2. The van der Waals surface area contributed by atoms with Gasteiger partial charge in [-0.05, 0) is 55.5 Å². The fourth-order valence-corrected chi connectivity index (χ4v) is 3.24. The summed E-state index contributed by atoms with van der Waals surface area (Å²) in [6.45, 7) is 1.31. The van der Waals surface area contributed by atoms with Crippen molar-refractivity contribution in [3.8, 4) is 0 Å². The largest absolute Gasteiger partial charge is 0.453 e. The molecule has 7 heteroatoms. The number of rotatable bonds is 7. The molecule has 1 aliphatic carbocycles. The molecule has 0 fully saturated rings. The maximum absolute atomic E-state index is 13.6. The Labute approximate surface area is 167 Å². The van der Waals surface area contributed by atoms with E-state index in [0.29, 0.717) is 5.56 Å². The summed E-state index contributed by atoms with van der Waals surface area (Å²) in [6.07, 6.45) is 1.62. The van der Waals surface area contributed by atoms with Gasteiger partial charge in [-0.25, -0.2) is 8.78 Å². The second-order valence-electron chi connectivity index (χ2n) is 7.01. The smallest absolute Gasteiger partial charge is 0.307 e. The average molecular weight is 401 g/mol. The third kappa shape index (κ3) is 5.25. The number of halogens is 2. The lowest BCUT2D eigenvalue weighted by Crippen LogP contribution is -2.30. The van der Waals surface area contributed by atoms with Gasteiger partial charge in [0, 0.05) is 18.1 Å². The number of ketones is 1. The van der Waals surface area contributed by atoms with Gasteiger partial charge in [-0.1, -0.05) is 12.1 Å². The van der Waals surface area contributed by atoms with Crippen molar-refractivity contribution in [3.05, 3.63) is 64.7 Å². The van der Waals surface area contributed by atoms with Crippen molar-refractivity contribution in [2.75, 3.05) is 5.32 Å². The monoisotopic (exact) mass is 401 g/mol. The van der Waals surface area contributed by atoms with E-state index in [1.54, 1.807) is 6.07 Å². The number of hydrogen-bond donors (Lipinski definition) is 1. The molecule has 0 saturated carbocycles. The number of aryl methyl sites for hydroxylation is 2. The summed E-state index contributed by atoms with van der Waals surface area (Å²) in [5, 5.41) is 2.17. The lowest BCUT2D eigenvalue weighted by atomic mass is 10.0. The molecule has 1 aliphatic rings. The molecule has 5 nitrogen and oxygen atoms in total. The highest BCUT2D eigenvalue weighted by atomic mass is 19.1. The summed E-state index contributed by atoms with van der Waals surface area (Å²) in [5.41, 5.74) is 2.65. The molecule has 1 atom stereocenters. The predicted octanol–water partition coefficient (Wildman–Crippen LogP) is 3.99. The van der Waals surface area contributed by atoms with E-state index in [0.717, 1.165) is 37.5 Å². The molecule has 0 radical (unpaired) electrons. The number of Topliss-reactive ketones (excluding diaryl/α,β-unsaturated/α-hetero) is 1. The normalized spacial score (nSPS) is 13.5. The second kappa shape index (κ2) is 8.94. The molecule has 0 saturated heterocycles. The highest BCUT2D eigenvalue weighted by Crippen LogP contribution is 2.23. The molecule has 152 valence electrons. The van der Waals surface area contributed by atoms with E-state index in [1.807, 2.05) is 12.1 Å². The van der Waals surface area contributed by atoms with Crippen LogP contribution in [0.15, 0.2) is 36.4 Å². The number of fused-ring (bicyclic) bond motifs is 1. The van der Waals surface area contributed by atoms with Crippen molar-refractivity contribution in [2.45, 2.75) is 45.1 Å². The topological polar surface area (TPSA) is 72.5 Å². The van der Waals surface area contributed by atoms with E-state index < -0.39 is 29.6 Å².